The van der Waals surface area contributed by atoms with E-state index in [0.717, 1.165) is 19.3 Å². The molecule has 3 aliphatic carbocycles. The maximum absolute atomic E-state index is 3.99. The summed E-state index contributed by atoms with van der Waals surface area (Å²) in [6.07, 6.45) is 25.5. The first kappa shape index (κ1) is 28.1. The Bertz CT molecular complexity index is 1920. The van der Waals surface area contributed by atoms with E-state index in [9.17, 15) is 0 Å². The van der Waals surface area contributed by atoms with Gasteiger partial charge in [-0.3, -0.25) is 5.32 Å². The molecule has 2 heterocycles. The maximum atomic E-state index is 3.99. The third-order valence-corrected chi connectivity index (χ3v) is 11.4. The average Bonchev–Trinajstić information content (AvgIpc) is 3.11. The van der Waals surface area contributed by atoms with E-state index < -0.39 is 0 Å². The second-order valence-corrected chi connectivity index (χ2v) is 13.9. The highest BCUT2D eigenvalue weighted by molar-refractivity contribution is 5.91. The molecule has 0 radical (unpaired) electrons. The Kier molecular flexibility index (Phi) is 7.08. The van der Waals surface area contributed by atoms with Crippen molar-refractivity contribution < 1.29 is 0 Å². The second-order valence-electron chi connectivity index (χ2n) is 13.9. The molecular formula is C44H44N2. The summed E-state index contributed by atoms with van der Waals surface area (Å²) < 4.78 is 0. The van der Waals surface area contributed by atoms with Crippen LogP contribution in [0.15, 0.2) is 91.2 Å². The molecule has 9 rings (SSSR count). The normalized spacial score (nSPS) is 21.1. The van der Waals surface area contributed by atoms with E-state index in [0.29, 0.717) is 0 Å². The zero-order valence-electron chi connectivity index (χ0n) is 27.1. The average molecular weight is 601 g/mol. The van der Waals surface area contributed by atoms with Gasteiger partial charge < -0.3 is 4.90 Å². The van der Waals surface area contributed by atoms with Gasteiger partial charge in [-0.1, -0.05) is 91.9 Å². The number of hydrogen-bond donors (Lipinski definition) is 1. The topological polar surface area (TPSA) is 15.3 Å². The van der Waals surface area contributed by atoms with E-state index in [1.165, 1.54) is 90.3 Å². The van der Waals surface area contributed by atoms with E-state index >= 15 is 0 Å². The van der Waals surface area contributed by atoms with Crippen LogP contribution < -0.4 is 5.32 Å². The van der Waals surface area contributed by atoms with E-state index in [-0.39, 0.29) is 12.3 Å². The minimum Gasteiger partial charge on any atom is -0.338 e. The molecule has 46 heavy (non-hydrogen) atoms. The van der Waals surface area contributed by atoms with Crippen molar-refractivity contribution in [2.75, 3.05) is 0 Å². The number of rotatable bonds is 5. The molecule has 5 aliphatic rings. The summed E-state index contributed by atoms with van der Waals surface area (Å²) in [4.78, 5) is 2.54. The third kappa shape index (κ3) is 4.48. The number of hydrogen-bond acceptors (Lipinski definition) is 2. The molecule has 2 unspecified atom stereocenters. The highest BCUT2D eigenvalue weighted by atomic mass is 15.5. The number of benzene rings is 4. The zero-order chi connectivity index (χ0) is 30.6. The summed E-state index contributed by atoms with van der Waals surface area (Å²) in [5, 5.41) is 3.99. The van der Waals surface area contributed by atoms with Crippen LogP contribution in [0.25, 0.3) is 33.9 Å². The van der Waals surface area contributed by atoms with Gasteiger partial charge in [0.15, 0.2) is 0 Å². The van der Waals surface area contributed by atoms with Crippen molar-refractivity contribution in [2.45, 2.75) is 89.9 Å². The molecule has 4 aromatic rings. The Hall–Kier alpha value is -4.14. The van der Waals surface area contributed by atoms with Gasteiger partial charge in [0, 0.05) is 6.20 Å². The van der Waals surface area contributed by atoms with E-state index in [1.807, 2.05) is 0 Å². The van der Waals surface area contributed by atoms with Gasteiger partial charge in [0.05, 0.1) is 0 Å². The molecule has 0 amide bonds. The van der Waals surface area contributed by atoms with Crippen LogP contribution in [0.1, 0.15) is 95.3 Å². The molecule has 0 saturated carbocycles. The Morgan fingerprint density at radius 2 is 1.46 bits per heavy atom. The largest absolute Gasteiger partial charge is 0.338 e. The molecule has 2 nitrogen and oxygen atoms in total. The van der Waals surface area contributed by atoms with Gasteiger partial charge in [-0.2, -0.15) is 0 Å². The monoisotopic (exact) mass is 600 g/mol. The highest BCUT2D eigenvalue weighted by Crippen LogP contribution is 2.49. The Morgan fingerprint density at radius 1 is 0.696 bits per heavy atom. The molecule has 1 fully saturated rings. The molecule has 230 valence electrons. The van der Waals surface area contributed by atoms with Crippen molar-refractivity contribution in [3.8, 4) is 22.3 Å². The SMILES string of the molecule is CCc1cccc(-c2c3c(c(-c4ccc(C5NC6C(c7ccccc7)=CC=CN65)c5c4CCCC5)c4c2CCCC4)C=CCC3)c1. The van der Waals surface area contributed by atoms with Gasteiger partial charge in [-0.05, 0) is 155 Å². The Morgan fingerprint density at radius 3 is 2.28 bits per heavy atom. The van der Waals surface area contributed by atoms with Gasteiger partial charge in [0.1, 0.15) is 12.3 Å². The molecule has 0 aromatic heterocycles. The summed E-state index contributed by atoms with van der Waals surface area (Å²) in [7, 11) is 0. The maximum Gasteiger partial charge on any atom is 0.109 e. The lowest BCUT2D eigenvalue weighted by Crippen LogP contribution is -2.62. The van der Waals surface area contributed by atoms with Gasteiger partial charge >= 0.3 is 0 Å². The molecule has 0 bridgehead atoms. The Labute approximate surface area is 274 Å². The van der Waals surface area contributed by atoms with E-state index in [4.69, 9.17) is 0 Å². The molecule has 2 atom stereocenters. The Balaban J connectivity index is 1.17. The summed E-state index contributed by atoms with van der Waals surface area (Å²) in [5.74, 6) is 0. The minimum atomic E-state index is 0.227. The number of aryl methyl sites for hydroxylation is 1. The standard InChI is InChI=1S/C44H44N2/c1-2-29-14-12-17-31(28-29)41-35-20-8-10-22-37(35)42(38-23-11-9-21-36(38)41)39-25-26-40(34-19-7-6-18-33(34)39)44-45-43-32(24-13-27-46(43)44)30-15-4-3-5-16-30/h3-5,10,12-17,22,24-28,43-45H,2,6-9,11,18-21,23H2,1H3. The summed E-state index contributed by atoms with van der Waals surface area (Å²) in [6, 6.07) is 25.3. The van der Waals surface area contributed by atoms with Crippen molar-refractivity contribution >= 4 is 11.6 Å². The lowest BCUT2D eigenvalue weighted by molar-refractivity contribution is 0.0549. The van der Waals surface area contributed by atoms with Gasteiger partial charge in [-0.25, -0.2) is 0 Å². The summed E-state index contributed by atoms with van der Waals surface area (Å²) >= 11 is 0. The molecular weight excluding hydrogens is 556 g/mol. The molecule has 1 saturated heterocycles. The van der Waals surface area contributed by atoms with Gasteiger partial charge in [-0.15, -0.1) is 0 Å². The molecule has 4 aromatic carbocycles. The fraction of sp³-hybridized carbons (Fsp3) is 0.318. The molecule has 2 aliphatic heterocycles. The van der Waals surface area contributed by atoms with Crippen LogP contribution >= 0.6 is 0 Å². The van der Waals surface area contributed by atoms with Crippen LogP contribution in [0.3, 0.4) is 0 Å². The fourth-order valence-electron chi connectivity index (χ4n) is 9.23. The first-order valence-corrected chi connectivity index (χ1v) is 17.9. The number of fused-ring (bicyclic) bond motifs is 4. The third-order valence-electron chi connectivity index (χ3n) is 11.4. The van der Waals surface area contributed by atoms with Crippen molar-refractivity contribution in [3.05, 3.63) is 141 Å². The lowest BCUT2D eigenvalue weighted by Gasteiger charge is -2.52. The van der Waals surface area contributed by atoms with Crippen molar-refractivity contribution in [2.24, 2.45) is 0 Å². The zero-order valence-corrected chi connectivity index (χ0v) is 27.1. The van der Waals surface area contributed by atoms with E-state index in [1.54, 1.807) is 38.9 Å². The minimum absolute atomic E-state index is 0.227. The number of nitrogens with zero attached hydrogens (tertiary/aromatic N) is 1. The predicted octanol–water partition coefficient (Wildman–Crippen LogP) is 10.1. The number of nitrogens with one attached hydrogen (secondary N) is 1. The first-order valence-electron chi connectivity index (χ1n) is 17.9. The predicted molar refractivity (Wildman–Crippen MR) is 192 cm³/mol. The van der Waals surface area contributed by atoms with Gasteiger partial charge in [0.25, 0.3) is 0 Å². The van der Waals surface area contributed by atoms with Crippen LogP contribution in [0.5, 0.6) is 0 Å². The van der Waals surface area contributed by atoms with Crippen LogP contribution in [-0.4, -0.2) is 11.1 Å². The van der Waals surface area contributed by atoms with Crippen LogP contribution in [0, 0.1) is 0 Å². The van der Waals surface area contributed by atoms with E-state index in [2.05, 4.69) is 114 Å². The number of allylic oxidation sites excluding steroid dienone is 3. The van der Waals surface area contributed by atoms with Crippen molar-refractivity contribution in [1.29, 1.82) is 0 Å². The molecule has 0 spiro atoms. The smallest absolute Gasteiger partial charge is 0.109 e. The summed E-state index contributed by atoms with van der Waals surface area (Å²) in [5.41, 5.74) is 21.4. The fourth-order valence-corrected chi connectivity index (χ4v) is 9.23. The van der Waals surface area contributed by atoms with Crippen LogP contribution in [-0.2, 0) is 38.5 Å². The summed E-state index contributed by atoms with van der Waals surface area (Å²) in [6.45, 7) is 2.28. The van der Waals surface area contributed by atoms with Crippen molar-refractivity contribution in [1.82, 2.24) is 10.2 Å². The van der Waals surface area contributed by atoms with Gasteiger partial charge in [0.2, 0.25) is 0 Å². The first-order chi connectivity index (χ1) is 22.8. The van der Waals surface area contributed by atoms with Crippen molar-refractivity contribution in [3.63, 3.8) is 0 Å². The van der Waals surface area contributed by atoms with Crippen LogP contribution in [0.2, 0.25) is 0 Å². The molecule has 2 heteroatoms. The molecule has 1 N–H and O–H groups in total. The second kappa shape index (κ2) is 11.6. The lowest BCUT2D eigenvalue weighted by atomic mass is 9.72. The van der Waals surface area contributed by atoms with Crippen LogP contribution in [0.4, 0.5) is 0 Å². The quantitative estimate of drug-likeness (QED) is 0.245. The highest BCUT2D eigenvalue weighted by Gasteiger charge is 2.41.